The van der Waals surface area contributed by atoms with Crippen LogP contribution in [0.15, 0.2) is 41.2 Å². The van der Waals surface area contributed by atoms with Crippen molar-refractivity contribution >= 4 is 16.7 Å². The molecule has 1 aliphatic rings. The average Bonchev–Trinajstić information content (AvgIpc) is 3.15. The second-order valence-electron chi connectivity index (χ2n) is 7.79. The van der Waals surface area contributed by atoms with Crippen molar-refractivity contribution in [2.75, 3.05) is 20.3 Å². The summed E-state index contributed by atoms with van der Waals surface area (Å²) in [4.78, 5) is 14.9. The maximum absolute atomic E-state index is 12.7. The van der Waals surface area contributed by atoms with Gasteiger partial charge in [0, 0.05) is 13.6 Å². The lowest BCUT2D eigenvalue weighted by Crippen LogP contribution is -2.22. The van der Waals surface area contributed by atoms with Gasteiger partial charge in [0.25, 0.3) is 5.56 Å². The Balaban J connectivity index is 1.48. The largest absolute Gasteiger partial charge is 0.486 e. The topological polar surface area (TPSA) is 73.9 Å². The van der Waals surface area contributed by atoms with Crippen LogP contribution in [0.3, 0.4) is 0 Å². The Kier molecular flexibility index (Phi) is 4.43. The maximum atomic E-state index is 12.7. The zero-order valence-electron chi connectivity index (χ0n) is 17.3. The second-order valence-corrected chi connectivity index (χ2v) is 7.79. The van der Waals surface area contributed by atoms with E-state index in [9.17, 15) is 4.79 Å². The van der Waals surface area contributed by atoms with E-state index >= 15 is 0 Å². The molecule has 0 aliphatic carbocycles. The molecule has 0 saturated heterocycles. The molecule has 5 rings (SSSR count). The third-order valence-corrected chi connectivity index (χ3v) is 5.41. The fourth-order valence-electron chi connectivity index (χ4n) is 3.96. The molecule has 0 saturated carbocycles. The first-order valence-corrected chi connectivity index (χ1v) is 9.92. The van der Waals surface area contributed by atoms with Gasteiger partial charge in [0.15, 0.2) is 17.3 Å². The number of fused-ring (bicyclic) bond motifs is 4. The van der Waals surface area contributed by atoms with Crippen LogP contribution < -0.4 is 15.0 Å². The molecule has 4 aromatic rings. The van der Waals surface area contributed by atoms with E-state index in [-0.39, 0.29) is 5.56 Å². The number of hydrogen-bond donors (Lipinski definition) is 0. The lowest BCUT2D eigenvalue weighted by molar-refractivity contribution is 0.171. The molecule has 3 heterocycles. The number of hydrogen-bond acceptors (Lipinski definition) is 6. The van der Waals surface area contributed by atoms with Crippen LogP contribution in [0.1, 0.15) is 17.0 Å². The molecule has 0 atom stereocenters. The van der Waals surface area contributed by atoms with Crippen molar-refractivity contribution in [3.8, 4) is 11.5 Å². The second kappa shape index (κ2) is 7.14. The lowest BCUT2D eigenvalue weighted by atomic mass is 10.1. The summed E-state index contributed by atoms with van der Waals surface area (Å²) in [5.74, 6) is 2.91. The van der Waals surface area contributed by atoms with E-state index in [2.05, 4.69) is 15.1 Å². The summed E-state index contributed by atoms with van der Waals surface area (Å²) in [6.07, 6.45) is 0. The maximum Gasteiger partial charge on any atom is 0.262 e. The minimum Gasteiger partial charge on any atom is -0.486 e. The Hall–Kier alpha value is -3.39. The van der Waals surface area contributed by atoms with Crippen molar-refractivity contribution in [1.82, 2.24) is 24.1 Å². The van der Waals surface area contributed by atoms with Gasteiger partial charge in [-0.15, -0.1) is 10.2 Å². The predicted octanol–water partition coefficient (Wildman–Crippen LogP) is 2.29. The van der Waals surface area contributed by atoms with E-state index < -0.39 is 0 Å². The molecule has 8 heteroatoms. The average molecular weight is 405 g/mol. The molecule has 0 fully saturated rings. The predicted molar refractivity (Wildman–Crippen MR) is 113 cm³/mol. The van der Waals surface area contributed by atoms with E-state index in [0.717, 1.165) is 34.0 Å². The zero-order chi connectivity index (χ0) is 20.8. The van der Waals surface area contributed by atoms with Gasteiger partial charge in [-0.1, -0.05) is 17.7 Å². The fraction of sp³-hybridized carbons (Fsp3) is 0.318. The van der Waals surface area contributed by atoms with E-state index in [1.807, 2.05) is 54.8 Å². The van der Waals surface area contributed by atoms with Gasteiger partial charge < -0.3 is 9.47 Å². The van der Waals surface area contributed by atoms with Gasteiger partial charge in [-0.25, -0.2) is 0 Å². The molecule has 30 heavy (non-hydrogen) atoms. The molecule has 1 aliphatic heterocycles. The third-order valence-electron chi connectivity index (χ3n) is 5.41. The van der Waals surface area contributed by atoms with E-state index in [1.165, 1.54) is 0 Å². The third kappa shape index (κ3) is 3.09. The number of ether oxygens (including phenoxy) is 2. The fourth-order valence-corrected chi connectivity index (χ4v) is 3.96. The summed E-state index contributed by atoms with van der Waals surface area (Å²) in [5.41, 5.74) is 2.93. The SMILES string of the molecule is Cc1ccc2c(c1)c(=O)n(C)c1nnc(CN(C)Cc3ccc4c(c3)OCCO4)n21. The van der Waals surface area contributed by atoms with E-state index in [1.54, 1.807) is 11.6 Å². The van der Waals surface area contributed by atoms with Crippen molar-refractivity contribution in [2.45, 2.75) is 20.0 Å². The quantitative estimate of drug-likeness (QED) is 0.519. The molecule has 0 amide bonds. The molecule has 8 nitrogen and oxygen atoms in total. The Labute approximate surface area is 173 Å². The van der Waals surface area contributed by atoms with Gasteiger partial charge in [-0.3, -0.25) is 18.7 Å². The van der Waals surface area contributed by atoms with E-state index in [4.69, 9.17) is 9.47 Å². The lowest BCUT2D eigenvalue weighted by Gasteiger charge is -2.21. The highest BCUT2D eigenvalue weighted by Crippen LogP contribution is 2.31. The van der Waals surface area contributed by atoms with Gasteiger partial charge in [0.2, 0.25) is 5.78 Å². The molecule has 154 valence electrons. The highest BCUT2D eigenvalue weighted by atomic mass is 16.6. The van der Waals surface area contributed by atoms with E-state index in [0.29, 0.717) is 37.5 Å². The Morgan fingerprint density at radius 1 is 1.03 bits per heavy atom. The van der Waals surface area contributed by atoms with Crippen LogP contribution in [0.25, 0.3) is 16.7 Å². The molecular formula is C22H23N5O3. The van der Waals surface area contributed by atoms with Crippen molar-refractivity contribution in [2.24, 2.45) is 7.05 Å². The summed E-state index contributed by atoms with van der Waals surface area (Å²) in [5, 5.41) is 9.34. The first-order chi connectivity index (χ1) is 14.5. The smallest absolute Gasteiger partial charge is 0.262 e. The minimum absolute atomic E-state index is 0.0650. The normalized spacial score (nSPS) is 13.5. The van der Waals surface area contributed by atoms with Gasteiger partial charge in [0.1, 0.15) is 13.2 Å². The zero-order valence-corrected chi connectivity index (χ0v) is 17.3. The standard InChI is InChI=1S/C22H23N5O3/c1-14-4-6-17-16(10-14)21(28)26(3)22-24-23-20(27(17)22)13-25(2)12-15-5-7-18-19(11-15)30-9-8-29-18/h4-7,10-11H,8-9,12-13H2,1-3H3. The monoisotopic (exact) mass is 405 g/mol. The van der Waals surface area contributed by atoms with Crippen LogP contribution in [0.2, 0.25) is 0 Å². The van der Waals surface area contributed by atoms with Gasteiger partial charge in [-0.05, 0) is 43.8 Å². The molecule has 0 N–H and O–H groups in total. The molecule has 0 bridgehead atoms. The van der Waals surface area contributed by atoms with Crippen LogP contribution in [0.4, 0.5) is 0 Å². The van der Waals surface area contributed by atoms with Crippen molar-refractivity contribution in [1.29, 1.82) is 0 Å². The van der Waals surface area contributed by atoms with Crippen molar-refractivity contribution in [3.05, 3.63) is 63.7 Å². The van der Waals surface area contributed by atoms with Crippen LogP contribution >= 0.6 is 0 Å². The summed E-state index contributed by atoms with van der Waals surface area (Å²) in [6.45, 7) is 4.44. The highest BCUT2D eigenvalue weighted by molar-refractivity contribution is 5.81. The number of rotatable bonds is 4. The first-order valence-electron chi connectivity index (χ1n) is 9.92. The van der Waals surface area contributed by atoms with Crippen LogP contribution in [0.5, 0.6) is 11.5 Å². The highest BCUT2D eigenvalue weighted by Gasteiger charge is 2.17. The molecule has 0 radical (unpaired) electrons. The summed E-state index contributed by atoms with van der Waals surface area (Å²) in [6, 6.07) is 11.9. The number of benzene rings is 2. The number of nitrogens with zero attached hydrogens (tertiary/aromatic N) is 5. The van der Waals surface area contributed by atoms with Gasteiger partial charge in [0.05, 0.1) is 17.4 Å². The van der Waals surface area contributed by atoms with Crippen molar-refractivity contribution in [3.63, 3.8) is 0 Å². The summed E-state index contributed by atoms with van der Waals surface area (Å²) in [7, 11) is 3.77. The van der Waals surface area contributed by atoms with Gasteiger partial charge in [-0.2, -0.15) is 0 Å². The number of aryl methyl sites for hydroxylation is 2. The number of aromatic nitrogens is 4. The van der Waals surface area contributed by atoms with Crippen LogP contribution in [-0.4, -0.2) is 44.3 Å². The Morgan fingerprint density at radius 3 is 2.67 bits per heavy atom. The molecule has 2 aromatic heterocycles. The summed E-state index contributed by atoms with van der Waals surface area (Å²) >= 11 is 0. The van der Waals surface area contributed by atoms with Crippen molar-refractivity contribution < 1.29 is 9.47 Å². The molecule has 2 aromatic carbocycles. The Bertz CT molecular complexity index is 1320. The van der Waals surface area contributed by atoms with Crippen LogP contribution in [-0.2, 0) is 20.1 Å². The molecule has 0 spiro atoms. The minimum atomic E-state index is -0.0650. The summed E-state index contributed by atoms with van der Waals surface area (Å²) < 4.78 is 14.8. The van der Waals surface area contributed by atoms with Gasteiger partial charge >= 0.3 is 0 Å². The van der Waals surface area contributed by atoms with Crippen LogP contribution in [0, 0.1) is 6.92 Å². The molecule has 0 unspecified atom stereocenters. The Morgan fingerprint density at radius 2 is 1.83 bits per heavy atom. The first kappa shape index (κ1) is 18.6. The molecular weight excluding hydrogens is 382 g/mol.